The van der Waals surface area contributed by atoms with Crippen LogP contribution in [0.4, 0.5) is 14.5 Å². The average Bonchev–Trinajstić information content (AvgIpc) is 3.12. The first-order chi connectivity index (χ1) is 13.8. The molecule has 1 N–H and O–H groups in total. The highest BCUT2D eigenvalue weighted by Gasteiger charge is 2.13. The van der Waals surface area contributed by atoms with E-state index in [4.69, 9.17) is 16.3 Å². The van der Waals surface area contributed by atoms with Gasteiger partial charge in [0.15, 0.2) is 0 Å². The number of benzene rings is 2. The van der Waals surface area contributed by atoms with Crippen molar-refractivity contribution in [3.8, 4) is 11.5 Å². The number of nitrogens with one attached hydrogen (secondary N) is 1. The molecule has 0 aliphatic rings. The van der Waals surface area contributed by atoms with Crippen LogP contribution < -0.4 is 14.8 Å². The molecule has 1 aromatic heterocycles. The summed E-state index contributed by atoms with van der Waals surface area (Å²) in [5.74, 6) is 0.321. The zero-order valence-electron chi connectivity index (χ0n) is 15.7. The third kappa shape index (κ3) is 5.68. The number of hydrogen-bond donors (Lipinski definition) is 1. The second-order valence-corrected chi connectivity index (χ2v) is 7.67. The average molecular weight is 438 g/mol. The summed E-state index contributed by atoms with van der Waals surface area (Å²) in [5, 5.41) is 4.52. The van der Waals surface area contributed by atoms with Crippen LogP contribution in [0.2, 0.25) is 5.02 Å². The van der Waals surface area contributed by atoms with Gasteiger partial charge in [0.25, 0.3) is 5.91 Å². The van der Waals surface area contributed by atoms with Crippen molar-refractivity contribution in [3.05, 3.63) is 74.4 Å². The SMILES string of the molecule is Cc1ccc(OCc2csc(C(=O)Nc3ccc(OC(F)F)c(Cl)c3)c2)c(C)c1. The fraction of sp³-hybridized carbons (Fsp3) is 0.190. The molecule has 0 aliphatic heterocycles. The molecular weight excluding hydrogens is 420 g/mol. The molecule has 0 unspecified atom stereocenters. The molecule has 0 bridgehead atoms. The van der Waals surface area contributed by atoms with E-state index >= 15 is 0 Å². The van der Waals surface area contributed by atoms with Crippen molar-refractivity contribution < 1.29 is 23.0 Å². The first-order valence-electron chi connectivity index (χ1n) is 8.65. The number of ether oxygens (including phenoxy) is 2. The number of alkyl halides is 2. The number of carbonyl (C=O) groups is 1. The smallest absolute Gasteiger partial charge is 0.387 e. The molecule has 0 fully saturated rings. The molecule has 0 atom stereocenters. The quantitative estimate of drug-likeness (QED) is 0.462. The van der Waals surface area contributed by atoms with Crippen molar-refractivity contribution in [2.24, 2.45) is 0 Å². The van der Waals surface area contributed by atoms with Gasteiger partial charge in [-0.05, 0) is 55.1 Å². The zero-order chi connectivity index (χ0) is 21.0. The summed E-state index contributed by atoms with van der Waals surface area (Å²) in [6.45, 7) is 1.38. The fourth-order valence-corrected chi connectivity index (χ4v) is 3.67. The molecular formula is C21H18ClF2NO3S. The van der Waals surface area contributed by atoms with Crippen LogP contribution in [0.15, 0.2) is 47.8 Å². The van der Waals surface area contributed by atoms with E-state index in [0.717, 1.165) is 16.9 Å². The molecule has 4 nitrogen and oxygen atoms in total. The largest absolute Gasteiger partial charge is 0.489 e. The normalized spacial score (nSPS) is 10.8. The second kappa shape index (κ2) is 9.24. The molecule has 0 spiro atoms. The Kier molecular flexibility index (Phi) is 6.71. The van der Waals surface area contributed by atoms with Gasteiger partial charge >= 0.3 is 6.61 Å². The minimum atomic E-state index is -2.97. The van der Waals surface area contributed by atoms with E-state index in [1.807, 2.05) is 37.4 Å². The lowest BCUT2D eigenvalue weighted by Crippen LogP contribution is -2.10. The van der Waals surface area contributed by atoms with Crippen molar-refractivity contribution in [2.45, 2.75) is 27.1 Å². The van der Waals surface area contributed by atoms with Crippen molar-refractivity contribution in [2.75, 3.05) is 5.32 Å². The number of thiophene rings is 1. The molecule has 0 saturated heterocycles. The number of amides is 1. The first-order valence-corrected chi connectivity index (χ1v) is 9.91. The third-order valence-corrected chi connectivity index (χ3v) is 5.28. The van der Waals surface area contributed by atoms with Gasteiger partial charge in [0.2, 0.25) is 0 Å². The molecule has 1 amide bonds. The van der Waals surface area contributed by atoms with Gasteiger partial charge in [0.05, 0.1) is 9.90 Å². The van der Waals surface area contributed by atoms with Gasteiger partial charge in [-0.25, -0.2) is 0 Å². The van der Waals surface area contributed by atoms with Gasteiger partial charge in [0, 0.05) is 11.3 Å². The molecule has 0 radical (unpaired) electrons. The number of halogens is 3. The molecule has 29 heavy (non-hydrogen) atoms. The van der Waals surface area contributed by atoms with E-state index in [0.29, 0.717) is 17.2 Å². The highest BCUT2D eigenvalue weighted by Crippen LogP contribution is 2.29. The Hall–Kier alpha value is -2.64. The Morgan fingerprint density at radius 1 is 1.14 bits per heavy atom. The van der Waals surface area contributed by atoms with Gasteiger partial charge in [-0.1, -0.05) is 29.3 Å². The summed E-state index contributed by atoms with van der Waals surface area (Å²) < 4.78 is 34.7. The summed E-state index contributed by atoms with van der Waals surface area (Å²) in [5.41, 5.74) is 3.47. The maximum atomic E-state index is 12.4. The van der Waals surface area contributed by atoms with E-state index in [1.165, 1.54) is 35.1 Å². The zero-order valence-corrected chi connectivity index (χ0v) is 17.2. The minimum absolute atomic E-state index is 0.0168. The molecule has 8 heteroatoms. The van der Waals surface area contributed by atoms with Gasteiger partial charge in [-0.3, -0.25) is 4.79 Å². The van der Waals surface area contributed by atoms with Crippen molar-refractivity contribution in [1.82, 2.24) is 0 Å². The Morgan fingerprint density at radius 3 is 2.59 bits per heavy atom. The number of rotatable bonds is 7. The molecule has 2 aromatic carbocycles. The van der Waals surface area contributed by atoms with Crippen LogP contribution in [0.3, 0.4) is 0 Å². The summed E-state index contributed by atoms with van der Waals surface area (Å²) in [7, 11) is 0. The molecule has 0 saturated carbocycles. The summed E-state index contributed by atoms with van der Waals surface area (Å²) in [6, 6.07) is 11.8. The van der Waals surface area contributed by atoms with Gasteiger partial charge in [0.1, 0.15) is 18.1 Å². The van der Waals surface area contributed by atoms with Crippen LogP contribution >= 0.6 is 22.9 Å². The summed E-state index contributed by atoms with van der Waals surface area (Å²) >= 11 is 7.19. The molecule has 3 aromatic rings. The Morgan fingerprint density at radius 2 is 1.90 bits per heavy atom. The van der Waals surface area contributed by atoms with Crippen LogP contribution in [0, 0.1) is 13.8 Å². The number of anilines is 1. The summed E-state index contributed by atoms with van der Waals surface area (Å²) in [6.07, 6.45) is 0. The van der Waals surface area contributed by atoms with E-state index < -0.39 is 6.61 Å². The number of aryl methyl sites for hydroxylation is 2. The molecule has 0 aliphatic carbocycles. The van der Waals surface area contributed by atoms with Gasteiger partial charge in [-0.15, -0.1) is 11.3 Å². The highest BCUT2D eigenvalue weighted by atomic mass is 35.5. The summed E-state index contributed by atoms with van der Waals surface area (Å²) in [4.78, 5) is 12.9. The monoisotopic (exact) mass is 437 g/mol. The Labute approximate surface area is 176 Å². The second-order valence-electron chi connectivity index (χ2n) is 6.35. The van der Waals surface area contributed by atoms with E-state index in [9.17, 15) is 13.6 Å². The predicted molar refractivity (Wildman–Crippen MR) is 111 cm³/mol. The Balaban J connectivity index is 1.61. The van der Waals surface area contributed by atoms with Crippen molar-refractivity contribution >= 4 is 34.5 Å². The lowest BCUT2D eigenvalue weighted by atomic mass is 10.1. The van der Waals surface area contributed by atoms with Crippen molar-refractivity contribution in [1.29, 1.82) is 0 Å². The standard InChI is InChI=1S/C21H18ClF2NO3S/c1-12-3-5-17(13(2)7-12)27-10-14-8-19(29-11-14)20(26)25-15-4-6-18(16(22)9-15)28-21(23)24/h3-9,11,21H,10H2,1-2H3,(H,25,26). The van der Waals surface area contributed by atoms with E-state index in [2.05, 4.69) is 10.1 Å². The van der Waals surface area contributed by atoms with E-state index in [1.54, 1.807) is 6.07 Å². The van der Waals surface area contributed by atoms with Crippen molar-refractivity contribution in [3.63, 3.8) is 0 Å². The van der Waals surface area contributed by atoms with Gasteiger partial charge < -0.3 is 14.8 Å². The van der Waals surface area contributed by atoms with E-state index in [-0.39, 0.29) is 16.7 Å². The van der Waals surface area contributed by atoms with Gasteiger partial charge in [-0.2, -0.15) is 8.78 Å². The van der Waals surface area contributed by atoms with Crippen LogP contribution in [-0.4, -0.2) is 12.5 Å². The maximum Gasteiger partial charge on any atom is 0.387 e. The third-order valence-electron chi connectivity index (χ3n) is 4.01. The lowest BCUT2D eigenvalue weighted by molar-refractivity contribution is -0.0497. The van der Waals surface area contributed by atoms with Crippen LogP contribution in [0.25, 0.3) is 0 Å². The highest BCUT2D eigenvalue weighted by molar-refractivity contribution is 7.12. The lowest BCUT2D eigenvalue weighted by Gasteiger charge is -2.09. The minimum Gasteiger partial charge on any atom is -0.489 e. The molecule has 1 heterocycles. The Bertz CT molecular complexity index is 1020. The van der Waals surface area contributed by atoms with Crippen LogP contribution in [0.1, 0.15) is 26.4 Å². The molecule has 152 valence electrons. The predicted octanol–water partition coefficient (Wildman–Crippen LogP) is 6.45. The fourth-order valence-electron chi connectivity index (χ4n) is 2.66. The first kappa shape index (κ1) is 21.1. The van der Waals surface area contributed by atoms with Crippen LogP contribution in [0.5, 0.6) is 11.5 Å². The number of carbonyl (C=O) groups excluding carboxylic acids is 1. The molecule has 3 rings (SSSR count). The maximum absolute atomic E-state index is 12.4. The number of hydrogen-bond acceptors (Lipinski definition) is 4. The topological polar surface area (TPSA) is 47.6 Å². The van der Waals surface area contributed by atoms with Crippen LogP contribution in [-0.2, 0) is 6.61 Å².